The van der Waals surface area contributed by atoms with E-state index in [1.165, 1.54) is 7.05 Å². The van der Waals surface area contributed by atoms with Crippen molar-refractivity contribution in [2.24, 2.45) is 0 Å². The highest BCUT2D eigenvalue weighted by Crippen LogP contribution is 2.24. The van der Waals surface area contributed by atoms with E-state index in [-0.39, 0.29) is 17.7 Å². The van der Waals surface area contributed by atoms with Crippen LogP contribution in [-0.4, -0.2) is 19.0 Å². The second-order valence-corrected chi connectivity index (χ2v) is 5.46. The lowest BCUT2D eigenvalue weighted by molar-refractivity contribution is 0.0998. The summed E-state index contributed by atoms with van der Waals surface area (Å²) in [5, 5.41) is 9.16. The SMILES string of the molecule is CNC(=O)Nc1ccc(NC(=O)c2cc3cc(Cl)ccc3o2)cc1. The molecule has 0 atom stereocenters. The van der Waals surface area contributed by atoms with Crippen LogP contribution in [0.4, 0.5) is 16.2 Å². The predicted octanol–water partition coefficient (Wildman–Crippen LogP) is 4.09. The fourth-order valence-electron chi connectivity index (χ4n) is 2.15. The number of hydrogen-bond donors (Lipinski definition) is 3. The first-order valence-corrected chi connectivity index (χ1v) is 7.52. The minimum atomic E-state index is -0.366. The van der Waals surface area contributed by atoms with Gasteiger partial charge < -0.3 is 20.4 Å². The molecule has 7 heteroatoms. The Labute approximate surface area is 142 Å². The van der Waals surface area contributed by atoms with Crippen LogP contribution in [0.3, 0.4) is 0 Å². The van der Waals surface area contributed by atoms with Gasteiger partial charge in [-0.2, -0.15) is 0 Å². The fraction of sp³-hybridized carbons (Fsp3) is 0.0588. The van der Waals surface area contributed by atoms with E-state index in [0.717, 1.165) is 5.39 Å². The number of fused-ring (bicyclic) bond motifs is 1. The lowest BCUT2D eigenvalue weighted by atomic mass is 10.2. The molecule has 3 rings (SSSR count). The van der Waals surface area contributed by atoms with Crippen LogP contribution in [-0.2, 0) is 0 Å². The van der Waals surface area contributed by atoms with Crippen molar-refractivity contribution in [2.45, 2.75) is 0 Å². The van der Waals surface area contributed by atoms with Gasteiger partial charge in [0.25, 0.3) is 5.91 Å². The van der Waals surface area contributed by atoms with Gasteiger partial charge in [-0.3, -0.25) is 4.79 Å². The van der Waals surface area contributed by atoms with E-state index in [9.17, 15) is 9.59 Å². The number of halogens is 1. The lowest BCUT2D eigenvalue weighted by Crippen LogP contribution is -2.24. The van der Waals surface area contributed by atoms with Crippen LogP contribution in [0.5, 0.6) is 0 Å². The maximum Gasteiger partial charge on any atom is 0.318 e. The number of nitrogens with one attached hydrogen (secondary N) is 3. The third kappa shape index (κ3) is 3.49. The molecule has 1 heterocycles. The zero-order chi connectivity index (χ0) is 17.1. The number of urea groups is 1. The van der Waals surface area contributed by atoms with Gasteiger partial charge in [-0.1, -0.05) is 11.6 Å². The van der Waals surface area contributed by atoms with Crippen molar-refractivity contribution in [3.63, 3.8) is 0 Å². The van der Waals surface area contributed by atoms with E-state index >= 15 is 0 Å². The minimum absolute atomic E-state index is 0.194. The van der Waals surface area contributed by atoms with E-state index in [2.05, 4.69) is 16.0 Å². The Hall–Kier alpha value is -2.99. The van der Waals surface area contributed by atoms with Crippen LogP contribution >= 0.6 is 11.6 Å². The molecule has 1 aromatic heterocycles. The molecule has 0 saturated heterocycles. The Bertz CT molecular complexity index is 903. The summed E-state index contributed by atoms with van der Waals surface area (Å²) in [7, 11) is 1.53. The van der Waals surface area contributed by atoms with Gasteiger partial charge in [-0.15, -0.1) is 0 Å². The number of benzene rings is 2. The van der Waals surface area contributed by atoms with Gasteiger partial charge in [0, 0.05) is 28.8 Å². The number of amides is 3. The second kappa shape index (κ2) is 6.64. The largest absolute Gasteiger partial charge is 0.451 e. The average Bonchev–Trinajstić information content (AvgIpc) is 2.99. The normalized spacial score (nSPS) is 10.4. The summed E-state index contributed by atoms with van der Waals surface area (Å²) >= 11 is 5.92. The molecule has 2 aromatic carbocycles. The Morgan fingerprint density at radius 3 is 2.29 bits per heavy atom. The smallest absolute Gasteiger partial charge is 0.318 e. The van der Waals surface area contributed by atoms with Gasteiger partial charge in [0.2, 0.25) is 0 Å². The highest BCUT2D eigenvalue weighted by atomic mass is 35.5. The first-order chi connectivity index (χ1) is 11.5. The molecule has 0 spiro atoms. The van der Waals surface area contributed by atoms with Gasteiger partial charge in [-0.05, 0) is 48.5 Å². The maximum atomic E-state index is 12.3. The first kappa shape index (κ1) is 15.9. The molecule has 3 aromatic rings. The quantitative estimate of drug-likeness (QED) is 0.669. The Morgan fingerprint density at radius 2 is 1.62 bits per heavy atom. The first-order valence-electron chi connectivity index (χ1n) is 7.14. The topological polar surface area (TPSA) is 83.4 Å². The molecule has 0 saturated carbocycles. The summed E-state index contributed by atoms with van der Waals surface area (Å²) in [6.07, 6.45) is 0. The molecule has 0 aliphatic heterocycles. The fourth-order valence-corrected chi connectivity index (χ4v) is 2.33. The third-order valence-corrected chi connectivity index (χ3v) is 3.56. The molecule has 3 amide bonds. The predicted molar refractivity (Wildman–Crippen MR) is 93.7 cm³/mol. The van der Waals surface area contributed by atoms with Crippen LogP contribution in [0.25, 0.3) is 11.0 Å². The number of furan rings is 1. The molecule has 24 heavy (non-hydrogen) atoms. The molecule has 0 unspecified atom stereocenters. The third-order valence-electron chi connectivity index (χ3n) is 3.33. The van der Waals surface area contributed by atoms with Gasteiger partial charge in [0.15, 0.2) is 5.76 Å². The summed E-state index contributed by atoms with van der Waals surface area (Å²) in [5.41, 5.74) is 1.79. The van der Waals surface area contributed by atoms with E-state index in [4.69, 9.17) is 16.0 Å². The lowest BCUT2D eigenvalue weighted by Gasteiger charge is -2.06. The zero-order valence-corrected chi connectivity index (χ0v) is 13.5. The van der Waals surface area contributed by atoms with Crippen molar-refractivity contribution in [1.29, 1.82) is 0 Å². The van der Waals surface area contributed by atoms with Crippen LogP contribution in [0.2, 0.25) is 5.02 Å². The minimum Gasteiger partial charge on any atom is -0.451 e. The summed E-state index contributed by atoms with van der Waals surface area (Å²) in [6.45, 7) is 0. The summed E-state index contributed by atoms with van der Waals surface area (Å²) in [4.78, 5) is 23.5. The van der Waals surface area contributed by atoms with Crippen LogP contribution in [0.15, 0.2) is 52.9 Å². The number of anilines is 2. The van der Waals surface area contributed by atoms with Crippen molar-refractivity contribution in [3.05, 3.63) is 59.3 Å². The van der Waals surface area contributed by atoms with Crippen LogP contribution < -0.4 is 16.0 Å². The molecule has 3 N–H and O–H groups in total. The van der Waals surface area contributed by atoms with E-state index in [1.54, 1.807) is 48.5 Å². The number of hydrogen-bond acceptors (Lipinski definition) is 3. The standard InChI is InChI=1S/C17H14ClN3O3/c1-19-17(23)21-13-5-3-12(4-6-13)20-16(22)15-9-10-8-11(18)2-7-14(10)24-15/h2-9H,1H3,(H,20,22)(H2,19,21,23). The molecule has 0 bridgehead atoms. The molecule has 122 valence electrons. The van der Waals surface area contributed by atoms with Crippen molar-refractivity contribution >= 4 is 45.9 Å². The van der Waals surface area contributed by atoms with Gasteiger partial charge in [-0.25, -0.2) is 4.79 Å². The van der Waals surface area contributed by atoms with Gasteiger partial charge in [0.05, 0.1) is 0 Å². The van der Waals surface area contributed by atoms with Crippen molar-refractivity contribution < 1.29 is 14.0 Å². The number of carbonyl (C=O) groups is 2. The molecule has 0 fully saturated rings. The Balaban J connectivity index is 1.72. The number of carbonyl (C=O) groups excluding carboxylic acids is 2. The second-order valence-electron chi connectivity index (χ2n) is 5.03. The van der Waals surface area contributed by atoms with E-state index in [0.29, 0.717) is 22.0 Å². The van der Waals surface area contributed by atoms with E-state index in [1.807, 2.05) is 0 Å². The van der Waals surface area contributed by atoms with Crippen molar-refractivity contribution in [3.8, 4) is 0 Å². The highest BCUT2D eigenvalue weighted by molar-refractivity contribution is 6.31. The molecular weight excluding hydrogens is 330 g/mol. The molecular formula is C17H14ClN3O3. The van der Waals surface area contributed by atoms with Crippen molar-refractivity contribution in [2.75, 3.05) is 17.7 Å². The van der Waals surface area contributed by atoms with Crippen molar-refractivity contribution in [1.82, 2.24) is 5.32 Å². The zero-order valence-electron chi connectivity index (χ0n) is 12.7. The Morgan fingerprint density at radius 1 is 0.958 bits per heavy atom. The van der Waals surface area contributed by atoms with Crippen LogP contribution in [0, 0.1) is 0 Å². The molecule has 6 nitrogen and oxygen atoms in total. The maximum absolute atomic E-state index is 12.3. The highest BCUT2D eigenvalue weighted by Gasteiger charge is 2.13. The average molecular weight is 344 g/mol. The van der Waals surface area contributed by atoms with Gasteiger partial charge >= 0.3 is 6.03 Å². The molecule has 0 aliphatic carbocycles. The van der Waals surface area contributed by atoms with Crippen LogP contribution in [0.1, 0.15) is 10.6 Å². The summed E-state index contributed by atoms with van der Waals surface area (Å²) in [6, 6.07) is 13.2. The Kier molecular flexibility index (Phi) is 4.39. The van der Waals surface area contributed by atoms with E-state index < -0.39 is 0 Å². The summed E-state index contributed by atoms with van der Waals surface area (Å²) < 4.78 is 5.51. The summed E-state index contributed by atoms with van der Waals surface area (Å²) in [5.74, 6) is -0.172. The number of rotatable bonds is 3. The molecule has 0 aliphatic rings. The monoisotopic (exact) mass is 343 g/mol. The molecule has 0 radical (unpaired) electrons. The van der Waals surface area contributed by atoms with Gasteiger partial charge in [0.1, 0.15) is 5.58 Å².